The Morgan fingerprint density at radius 2 is 1.31 bits per heavy atom. The molecular formula is C34H46N10O8. The molecule has 3 rings (SSSR count). The lowest BCUT2D eigenvalue weighted by Gasteiger charge is -2.26. The summed E-state index contributed by atoms with van der Waals surface area (Å²) in [6.07, 6.45) is 0.300. The minimum Gasteiger partial charge on any atom is -0.481 e. The maximum Gasteiger partial charge on any atom is 0.305 e. The Morgan fingerprint density at radius 1 is 0.731 bits per heavy atom. The van der Waals surface area contributed by atoms with Crippen molar-refractivity contribution in [3.05, 3.63) is 65.7 Å². The number of carbonyl (C=O) groups is 7. The van der Waals surface area contributed by atoms with Gasteiger partial charge in [0, 0.05) is 30.8 Å². The summed E-state index contributed by atoms with van der Waals surface area (Å²) in [5, 5.41) is 34.7. The molecular weight excluding hydrogens is 676 g/mol. The number of carboxylic acids is 1. The van der Waals surface area contributed by atoms with E-state index < -0.39 is 72.6 Å². The molecule has 0 bridgehead atoms. The van der Waals surface area contributed by atoms with Crippen molar-refractivity contribution in [1.29, 1.82) is 5.41 Å². The van der Waals surface area contributed by atoms with Crippen molar-refractivity contribution < 1.29 is 38.7 Å². The van der Waals surface area contributed by atoms with Crippen LogP contribution in [0.5, 0.6) is 0 Å². The van der Waals surface area contributed by atoms with Crippen molar-refractivity contribution in [2.45, 2.75) is 69.1 Å². The Hall–Kier alpha value is -6.20. The second kappa shape index (κ2) is 20.5. The van der Waals surface area contributed by atoms with E-state index in [0.717, 1.165) is 0 Å². The highest BCUT2D eigenvalue weighted by Gasteiger charge is 2.33. The maximum atomic E-state index is 13.8. The lowest BCUT2D eigenvalue weighted by molar-refractivity contribution is -0.141. The molecule has 1 heterocycles. The highest BCUT2D eigenvalue weighted by Crippen LogP contribution is 2.10. The minimum absolute atomic E-state index is 0.0382. The van der Waals surface area contributed by atoms with Gasteiger partial charge in [0.2, 0.25) is 29.5 Å². The van der Waals surface area contributed by atoms with Crippen LogP contribution >= 0.6 is 0 Å². The Morgan fingerprint density at radius 3 is 1.96 bits per heavy atom. The molecule has 0 saturated carbocycles. The van der Waals surface area contributed by atoms with E-state index in [9.17, 15) is 38.7 Å². The lowest BCUT2D eigenvalue weighted by Crippen LogP contribution is -2.58. The molecule has 18 heteroatoms. The van der Waals surface area contributed by atoms with Crippen molar-refractivity contribution in [2.24, 2.45) is 5.73 Å². The Kier molecular flexibility index (Phi) is 15.8. The van der Waals surface area contributed by atoms with Crippen molar-refractivity contribution >= 4 is 53.1 Å². The fourth-order valence-corrected chi connectivity index (χ4v) is 5.27. The van der Waals surface area contributed by atoms with Gasteiger partial charge in [0.15, 0.2) is 5.96 Å². The van der Waals surface area contributed by atoms with Crippen LogP contribution in [0.4, 0.5) is 5.69 Å². The first-order valence-electron chi connectivity index (χ1n) is 16.8. The number of nitrogens with one attached hydrogen (secondary N) is 8. The summed E-state index contributed by atoms with van der Waals surface area (Å²) in [6.45, 7) is -0.196. The smallest absolute Gasteiger partial charge is 0.305 e. The van der Waals surface area contributed by atoms with Crippen molar-refractivity contribution in [2.75, 3.05) is 25.4 Å². The number of carbonyl (C=O) groups excluding carboxylic acids is 6. The number of rotatable bonds is 14. The summed E-state index contributed by atoms with van der Waals surface area (Å²) in [5.74, 6) is -6.07. The molecule has 2 aromatic carbocycles. The number of hydrogen-bond donors (Lipinski definition) is 11. The van der Waals surface area contributed by atoms with E-state index in [1.807, 2.05) is 0 Å². The van der Waals surface area contributed by atoms with Gasteiger partial charge in [-0.3, -0.25) is 39.0 Å². The molecule has 280 valence electrons. The van der Waals surface area contributed by atoms with E-state index in [2.05, 4.69) is 37.2 Å². The SMILES string of the molecule is N=C(N)NCCC[C@@H]1NC(=O)[C@H](CCCCNC(=O)c2ccc(N)cc2)NC(=O)[C@@H](Cc2ccccc2)NC(=O)[C@H](CC(=O)O)NC(=O)CNC1=O. The van der Waals surface area contributed by atoms with Gasteiger partial charge in [0.1, 0.15) is 24.2 Å². The van der Waals surface area contributed by atoms with E-state index in [1.54, 1.807) is 54.6 Å². The molecule has 13 N–H and O–H groups in total. The maximum absolute atomic E-state index is 13.8. The van der Waals surface area contributed by atoms with Gasteiger partial charge < -0.3 is 53.8 Å². The van der Waals surface area contributed by atoms with Gasteiger partial charge >= 0.3 is 5.97 Å². The fourth-order valence-electron chi connectivity index (χ4n) is 5.27. The zero-order chi connectivity index (χ0) is 38.0. The van der Waals surface area contributed by atoms with Crippen LogP contribution in [0.1, 0.15) is 54.4 Å². The van der Waals surface area contributed by atoms with Crippen LogP contribution in [0.3, 0.4) is 0 Å². The number of amides is 6. The summed E-state index contributed by atoms with van der Waals surface area (Å²) < 4.78 is 0. The van der Waals surface area contributed by atoms with Gasteiger partial charge in [0.05, 0.1) is 13.0 Å². The predicted molar refractivity (Wildman–Crippen MR) is 189 cm³/mol. The van der Waals surface area contributed by atoms with E-state index in [1.165, 1.54) is 0 Å². The van der Waals surface area contributed by atoms with Gasteiger partial charge in [-0.25, -0.2) is 0 Å². The lowest BCUT2D eigenvalue weighted by atomic mass is 10.0. The standard InChI is InChI=1S/C34H46N10O8/c35-22-13-11-21(12-14-22)29(48)38-15-5-4-9-24-31(50)42-23(10-6-16-39-34(36)37)30(49)40-19-27(45)41-26(18-28(46)47)33(52)44-25(32(51)43-24)17-20-7-2-1-3-8-20/h1-3,7-8,11-14,23-26H,4-6,9-10,15-19,35H2,(H,38,48)(H,40,49)(H,41,45)(H,42,50)(H,43,51)(H,44,52)(H,46,47)(H4,36,37,39)/t23-,24-,25+,26-/m0/s1. The molecule has 2 aromatic rings. The van der Waals surface area contributed by atoms with Crippen LogP contribution in [-0.4, -0.2) is 96.3 Å². The second-order valence-electron chi connectivity index (χ2n) is 12.2. The van der Waals surface area contributed by atoms with Crippen LogP contribution in [0.2, 0.25) is 0 Å². The zero-order valence-electron chi connectivity index (χ0n) is 28.5. The Balaban J connectivity index is 1.86. The van der Waals surface area contributed by atoms with Gasteiger partial charge in [-0.05, 0) is 61.9 Å². The van der Waals surface area contributed by atoms with Crippen LogP contribution in [0.15, 0.2) is 54.6 Å². The van der Waals surface area contributed by atoms with Gasteiger partial charge in [-0.1, -0.05) is 30.3 Å². The third kappa shape index (κ3) is 14.0. The first-order valence-corrected chi connectivity index (χ1v) is 16.8. The zero-order valence-corrected chi connectivity index (χ0v) is 28.5. The summed E-state index contributed by atoms with van der Waals surface area (Å²) in [7, 11) is 0. The number of hydrogen-bond acceptors (Lipinski definition) is 9. The van der Waals surface area contributed by atoms with E-state index in [0.29, 0.717) is 29.7 Å². The molecule has 0 aromatic heterocycles. The molecule has 1 aliphatic heterocycles. The van der Waals surface area contributed by atoms with Crippen LogP contribution < -0.4 is 48.7 Å². The second-order valence-corrected chi connectivity index (χ2v) is 12.2. The molecule has 1 saturated heterocycles. The normalized spacial score (nSPS) is 20.0. The van der Waals surface area contributed by atoms with Crippen LogP contribution in [0.25, 0.3) is 0 Å². The summed E-state index contributed by atoms with van der Waals surface area (Å²) in [6, 6.07) is 9.76. The fraction of sp³-hybridized carbons (Fsp3) is 0.412. The topological polar surface area (TPSA) is 300 Å². The highest BCUT2D eigenvalue weighted by atomic mass is 16.4. The third-order valence-electron chi connectivity index (χ3n) is 8.00. The number of anilines is 1. The minimum atomic E-state index is -1.59. The molecule has 1 aliphatic rings. The Bertz CT molecular complexity index is 1590. The average Bonchev–Trinajstić information content (AvgIpc) is 3.10. The number of nitrogens with two attached hydrogens (primary N) is 2. The van der Waals surface area contributed by atoms with Gasteiger partial charge in [-0.2, -0.15) is 0 Å². The molecule has 0 aliphatic carbocycles. The number of aliphatic carboxylic acids is 1. The number of benzene rings is 2. The predicted octanol–water partition coefficient (Wildman–Crippen LogP) is -1.78. The molecule has 6 amide bonds. The van der Waals surface area contributed by atoms with Crippen molar-refractivity contribution in [3.8, 4) is 0 Å². The number of guanidine groups is 1. The molecule has 0 radical (unpaired) electrons. The highest BCUT2D eigenvalue weighted by molar-refractivity contribution is 5.98. The van der Waals surface area contributed by atoms with E-state index in [4.69, 9.17) is 16.9 Å². The van der Waals surface area contributed by atoms with E-state index in [-0.39, 0.29) is 50.6 Å². The first kappa shape index (κ1) is 40.2. The molecule has 0 unspecified atom stereocenters. The van der Waals surface area contributed by atoms with Crippen LogP contribution in [0, 0.1) is 5.41 Å². The molecule has 0 spiro atoms. The number of unbranched alkanes of at least 4 members (excludes halogenated alkanes) is 1. The molecule has 4 atom stereocenters. The first-order chi connectivity index (χ1) is 24.8. The summed E-state index contributed by atoms with van der Waals surface area (Å²) in [5.41, 5.74) is 12.6. The average molecular weight is 723 g/mol. The number of carboxylic acid groups (broad SMARTS) is 1. The quantitative estimate of drug-likeness (QED) is 0.0448. The molecule has 52 heavy (non-hydrogen) atoms. The molecule has 1 fully saturated rings. The van der Waals surface area contributed by atoms with Crippen molar-refractivity contribution in [1.82, 2.24) is 37.2 Å². The largest absolute Gasteiger partial charge is 0.481 e. The van der Waals surface area contributed by atoms with Gasteiger partial charge in [0.25, 0.3) is 5.91 Å². The molecule has 18 nitrogen and oxygen atoms in total. The number of nitrogen functional groups attached to an aromatic ring is 1. The Labute approximate surface area is 300 Å². The van der Waals surface area contributed by atoms with Crippen molar-refractivity contribution in [3.63, 3.8) is 0 Å². The summed E-state index contributed by atoms with van der Waals surface area (Å²) >= 11 is 0. The monoisotopic (exact) mass is 722 g/mol. The summed E-state index contributed by atoms with van der Waals surface area (Å²) in [4.78, 5) is 91.0. The van der Waals surface area contributed by atoms with E-state index >= 15 is 0 Å². The third-order valence-corrected chi connectivity index (χ3v) is 8.00. The van der Waals surface area contributed by atoms with Crippen LogP contribution in [-0.2, 0) is 35.2 Å². The van der Waals surface area contributed by atoms with Gasteiger partial charge in [-0.15, -0.1) is 0 Å².